The van der Waals surface area contributed by atoms with Crippen molar-refractivity contribution in [2.24, 2.45) is 0 Å². The van der Waals surface area contributed by atoms with Gasteiger partial charge in [-0.15, -0.1) is 0 Å². The Balaban J connectivity index is 1.66. The monoisotopic (exact) mass is 253 g/mol. The van der Waals surface area contributed by atoms with E-state index in [1.807, 2.05) is 35.1 Å². The zero-order valence-corrected chi connectivity index (χ0v) is 10.5. The lowest BCUT2D eigenvalue weighted by Crippen LogP contribution is -2.02. The molecule has 0 saturated carbocycles. The molecule has 1 N–H and O–H groups in total. The van der Waals surface area contributed by atoms with E-state index in [0.717, 1.165) is 18.0 Å². The van der Waals surface area contributed by atoms with Gasteiger partial charge in [0.2, 0.25) is 0 Å². The van der Waals surface area contributed by atoms with Crippen molar-refractivity contribution >= 4 is 5.69 Å². The molecule has 1 aromatic carbocycles. The van der Waals surface area contributed by atoms with Crippen LogP contribution in [-0.2, 0) is 13.1 Å². The lowest BCUT2D eigenvalue weighted by molar-refractivity contribution is 0.518. The Bertz CT molecular complexity index is 615. The highest BCUT2D eigenvalue weighted by Crippen LogP contribution is 2.13. The van der Waals surface area contributed by atoms with E-state index in [1.165, 1.54) is 5.56 Å². The number of benzene rings is 1. The van der Waals surface area contributed by atoms with Crippen LogP contribution in [0.5, 0.6) is 0 Å². The molecule has 0 bridgehead atoms. The molecule has 0 atom stereocenters. The maximum absolute atomic E-state index is 5.29. The van der Waals surface area contributed by atoms with Gasteiger partial charge >= 0.3 is 0 Å². The maximum Gasteiger partial charge on any atom is 0.122 e. The van der Waals surface area contributed by atoms with Crippen molar-refractivity contribution in [3.05, 3.63) is 72.4 Å². The van der Waals surface area contributed by atoms with E-state index in [0.29, 0.717) is 6.54 Å². The van der Waals surface area contributed by atoms with Gasteiger partial charge in [-0.3, -0.25) is 4.68 Å². The topological polar surface area (TPSA) is 43.0 Å². The van der Waals surface area contributed by atoms with E-state index in [1.54, 1.807) is 12.5 Å². The normalized spacial score (nSPS) is 10.5. The molecule has 2 heterocycles. The highest BCUT2D eigenvalue weighted by Gasteiger charge is 1.99. The van der Waals surface area contributed by atoms with Gasteiger partial charge in [0.1, 0.15) is 5.76 Å². The Morgan fingerprint density at radius 3 is 2.95 bits per heavy atom. The van der Waals surface area contributed by atoms with Gasteiger partial charge in [-0.25, -0.2) is 0 Å². The molecule has 0 aliphatic heterocycles. The molecule has 0 unspecified atom stereocenters. The zero-order chi connectivity index (χ0) is 12.9. The summed E-state index contributed by atoms with van der Waals surface area (Å²) in [6.07, 6.45) is 5.44. The summed E-state index contributed by atoms with van der Waals surface area (Å²) in [6, 6.07) is 14.1. The highest BCUT2D eigenvalue weighted by atomic mass is 16.3. The summed E-state index contributed by atoms with van der Waals surface area (Å²) in [5, 5.41) is 7.55. The van der Waals surface area contributed by atoms with Crippen molar-refractivity contribution in [3.63, 3.8) is 0 Å². The minimum atomic E-state index is 0.693. The Morgan fingerprint density at radius 1 is 1.16 bits per heavy atom. The Hall–Kier alpha value is -2.49. The van der Waals surface area contributed by atoms with E-state index in [-0.39, 0.29) is 0 Å². The smallest absolute Gasteiger partial charge is 0.122 e. The molecule has 0 aliphatic carbocycles. The highest BCUT2D eigenvalue weighted by molar-refractivity contribution is 5.45. The molecule has 4 heteroatoms. The predicted octanol–water partition coefficient (Wildman–Crippen LogP) is 3.14. The molecule has 4 nitrogen and oxygen atoms in total. The first-order chi connectivity index (χ1) is 9.40. The van der Waals surface area contributed by atoms with Gasteiger partial charge in [-0.1, -0.05) is 12.1 Å². The Kier molecular flexibility index (Phi) is 3.32. The van der Waals surface area contributed by atoms with Crippen LogP contribution >= 0.6 is 0 Å². The number of aromatic nitrogens is 2. The summed E-state index contributed by atoms with van der Waals surface area (Å²) in [4.78, 5) is 0. The van der Waals surface area contributed by atoms with Gasteiger partial charge in [0.05, 0.1) is 19.4 Å². The van der Waals surface area contributed by atoms with Crippen LogP contribution in [-0.4, -0.2) is 9.78 Å². The number of rotatable bonds is 5. The van der Waals surface area contributed by atoms with Crippen LogP contribution in [0.1, 0.15) is 11.3 Å². The average Bonchev–Trinajstić information content (AvgIpc) is 3.10. The molecule has 96 valence electrons. The lowest BCUT2D eigenvalue weighted by atomic mass is 10.2. The van der Waals surface area contributed by atoms with Crippen LogP contribution in [0.2, 0.25) is 0 Å². The molecular weight excluding hydrogens is 238 g/mol. The molecule has 3 rings (SSSR count). The first kappa shape index (κ1) is 11.6. The fraction of sp³-hybridized carbons (Fsp3) is 0.133. The Morgan fingerprint density at radius 2 is 2.16 bits per heavy atom. The first-order valence-corrected chi connectivity index (χ1v) is 6.23. The van der Waals surface area contributed by atoms with Crippen LogP contribution in [0.3, 0.4) is 0 Å². The van der Waals surface area contributed by atoms with Crippen LogP contribution in [0.4, 0.5) is 5.69 Å². The second kappa shape index (κ2) is 5.44. The summed E-state index contributed by atoms with van der Waals surface area (Å²) < 4.78 is 7.20. The van der Waals surface area contributed by atoms with E-state index >= 15 is 0 Å². The lowest BCUT2D eigenvalue weighted by Gasteiger charge is -2.07. The van der Waals surface area contributed by atoms with Crippen molar-refractivity contribution < 1.29 is 4.42 Å². The third-order valence-electron chi connectivity index (χ3n) is 2.88. The number of nitrogens with one attached hydrogen (secondary N) is 1. The quantitative estimate of drug-likeness (QED) is 0.759. The van der Waals surface area contributed by atoms with Gasteiger partial charge in [0.25, 0.3) is 0 Å². The fourth-order valence-electron chi connectivity index (χ4n) is 1.96. The summed E-state index contributed by atoms with van der Waals surface area (Å²) in [6.45, 7) is 1.47. The molecule has 0 radical (unpaired) electrons. The number of hydrogen-bond acceptors (Lipinski definition) is 3. The van der Waals surface area contributed by atoms with E-state index < -0.39 is 0 Å². The average molecular weight is 253 g/mol. The van der Waals surface area contributed by atoms with Crippen LogP contribution in [0, 0.1) is 0 Å². The van der Waals surface area contributed by atoms with Crippen molar-refractivity contribution in [2.75, 3.05) is 5.32 Å². The third kappa shape index (κ3) is 3.04. The van der Waals surface area contributed by atoms with Crippen molar-refractivity contribution in [1.29, 1.82) is 0 Å². The van der Waals surface area contributed by atoms with Crippen LogP contribution in [0.15, 0.2) is 65.5 Å². The third-order valence-corrected chi connectivity index (χ3v) is 2.88. The van der Waals surface area contributed by atoms with E-state index in [4.69, 9.17) is 4.42 Å². The molecule has 0 saturated heterocycles. The Labute approximate surface area is 111 Å². The van der Waals surface area contributed by atoms with Crippen molar-refractivity contribution in [2.45, 2.75) is 13.1 Å². The standard InChI is InChI=1S/C15H15N3O/c1-4-13(12-18-8-3-7-17-18)10-14(5-1)16-11-15-6-2-9-19-15/h1-10,16H,11-12H2. The van der Waals surface area contributed by atoms with E-state index in [9.17, 15) is 0 Å². The van der Waals surface area contributed by atoms with Gasteiger partial charge < -0.3 is 9.73 Å². The number of hydrogen-bond donors (Lipinski definition) is 1. The summed E-state index contributed by atoms with van der Waals surface area (Å²) in [7, 11) is 0. The predicted molar refractivity (Wildman–Crippen MR) is 73.8 cm³/mol. The van der Waals surface area contributed by atoms with Gasteiger partial charge in [0, 0.05) is 18.1 Å². The SMILES string of the molecule is c1cc(Cn2cccn2)cc(NCc2ccco2)c1. The minimum absolute atomic E-state index is 0.693. The van der Waals surface area contributed by atoms with Gasteiger partial charge in [-0.2, -0.15) is 5.10 Å². The molecule has 0 fully saturated rings. The summed E-state index contributed by atoms with van der Waals surface area (Å²) in [5.41, 5.74) is 2.30. The largest absolute Gasteiger partial charge is 0.467 e. The second-order valence-electron chi connectivity index (χ2n) is 4.34. The van der Waals surface area contributed by atoms with Gasteiger partial charge in [0.15, 0.2) is 0 Å². The second-order valence-corrected chi connectivity index (χ2v) is 4.34. The van der Waals surface area contributed by atoms with Gasteiger partial charge in [-0.05, 0) is 35.9 Å². The van der Waals surface area contributed by atoms with Crippen molar-refractivity contribution in [1.82, 2.24) is 9.78 Å². The zero-order valence-electron chi connectivity index (χ0n) is 10.5. The minimum Gasteiger partial charge on any atom is -0.467 e. The molecule has 0 amide bonds. The number of nitrogens with zero attached hydrogens (tertiary/aromatic N) is 2. The van der Waals surface area contributed by atoms with E-state index in [2.05, 4.69) is 28.6 Å². The van der Waals surface area contributed by atoms with Crippen LogP contribution < -0.4 is 5.32 Å². The number of furan rings is 1. The summed E-state index contributed by atoms with van der Waals surface area (Å²) >= 11 is 0. The molecule has 19 heavy (non-hydrogen) atoms. The molecular formula is C15H15N3O. The first-order valence-electron chi connectivity index (χ1n) is 6.23. The molecule has 2 aromatic heterocycles. The summed E-state index contributed by atoms with van der Waals surface area (Å²) in [5.74, 6) is 0.928. The van der Waals surface area contributed by atoms with Crippen molar-refractivity contribution in [3.8, 4) is 0 Å². The fourth-order valence-corrected chi connectivity index (χ4v) is 1.96. The van der Waals surface area contributed by atoms with Crippen LogP contribution in [0.25, 0.3) is 0 Å². The number of anilines is 1. The maximum atomic E-state index is 5.29. The molecule has 0 aliphatic rings. The molecule has 3 aromatic rings. The molecule has 0 spiro atoms.